The van der Waals surface area contributed by atoms with Gasteiger partial charge in [0, 0.05) is 38.2 Å². The van der Waals surface area contributed by atoms with Gasteiger partial charge in [0.2, 0.25) is 5.91 Å². The van der Waals surface area contributed by atoms with E-state index in [0.29, 0.717) is 31.8 Å². The highest BCUT2D eigenvalue weighted by Gasteiger charge is 2.29. The van der Waals surface area contributed by atoms with Crippen LogP contribution in [-0.2, 0) is 19.2 Å². The number of hydrogen-bond acceptors (Lipinski definition) is 6. The Morgan fingerprint density at radius 3 is 2.25 bits per heavy atom. The Morgan fingerprint density at radius 2 is 1.62 bits per heavy atom. The molecule has 12 nitrogen and oxygen atoms in total. The molecule has 0 saturated heterocycles. The van der Waals surface area contributed by atoms with Crippen LogP contribution < -0.4 is 16.0 Å². The van der Waals surface area contributed by atoms with Crippen LogP contribution in [0.25, 0.3) is 0 Å². The molecule has 1 rings (SSSR count). The van der Waals surface area contributed by atoms with E-state index in [2.05, 4.69) is 29.0 Å². The average molecular weight is 568 g/mol. The molecule has 12 heteroatoms. The van der Waals surface area contributed by atoms with Gasteiger partial charge in [-0.1, -0.05) is 12.8 Å². The molecule has 1 aliphatic heterocycles. The molecule has 3 unspecified atom stereocenters. The van der Waals surface area contributed by atoms with Gasteiger partial charge in [-0.05, 0) is 70.3 Å². The molecule has 40 heavy (non-hydrogen) atoms. The number of amides is 3. The lowest BCUT2D eigenvalue weighted by atomic mass is 9.98. The summed E-state index contributed by atoms with van der Waals surface area (Å²) in [5.74, 6) is -3.89. The van der Waals surface area contributed by atoms with Crippen molar-refractivity contribution in [3.8, 4) is 0 Å². The van der Waals surface area contributed by atoms with E-state index in [-0.39, 0.29) is 18.7 Å². The molecule has 6 N–H and O–H groups in total. The maximum absolute atomic E-state index is 12.4. The SMILES string of the molecule is [CH2+]CCCCC1C=C(CCCCCCC(=O)NCCCCC(NC(=O)N(C)C(CCC(=O)O)C(=O)O)C(=O)O)N1. The number of aliphatic carboxylic acids is 3. The van der Waals surface area contributed by atoms with Crippen molar-refractivity contribution in [2.75, 3.05) is 13.6 Å². The third-order valence-electron chi connectivity index (χ3n) is 6.93. The second-order valence-corrected chi connectivity index (χ2v) is 10.3. The summed E-state index contributed by atoms with van der Waals surface area (Å²) >= 11 is 0. The first kappa shape index (κ1) is 34.6. The number of nitrogens with zero attached hydrogens (tertiary/aromatic N) is 1. The number of hydrogen-bond donors (Lipinski definition) is 6. The minimum atomic E-state index is -1.40. The number of carbonyl (C=O) groups is 5. The van der Waals surface area contributed by atoms with Crippen LogP contribution in [0.15, 0.2) is 11.8 Å². The lowest BCUT2D eigenvalue weighted by Crippen LogP contribution is -2.52. The van der Waals surface area contributed by atoms with Crippen molar-refractivity contribution in [1.29, 1.82) is 0 Å². The fourth-order valence-electron chi connectivity index (χ4n) is 4.46. The van der Waals surface area contributed by atoms with Crippen molar-refractivity contribution in [2.24, 2.45) is 0 Å². The first-order valence-corrected chi connectivity index (χ1v) is 14.3. The predicted molar refractivity (Wildman–Crippen MR) is 149 cm³/mol. The van der Waals surface area contributed by atoms with Gasteiger partial charge in [0.1, 0.15) is 12.1 Å². The molecular formula is C28H47N4O8+. The molecule has 0 radical (unpaired) electrons. The number of nitrogens with one attached hydrogen (secondary N) is 3. The first-order valence-electron chi connectivity index (χ1n) is 14.3. The highest BCUT2D eigenvalue weighted by atomic mass is 16.4. The summed E-state index contributed by atoms with van der Waals surface area (Å²) in [7, 11) is 1.18. The number of rotatable bonds is 23. The standard InChI is InChI=1S/C28H46N4O8/c1-3-4-7-12-20-19-21(30-20)13-8-5-6-9-15-24(33)29-18-11-10-14-22(26(36)37)31-28(40)32(2)23(27(38)39)16-17-25(34)35/h19-20,22-23,30H,1,3-18H2,2H3,(H4-,29,31,33,34,35,36,37,38,39,40)/p+1. The van der Waals surface area contributed by atoms with E-state index in [4.69, 9.17) is 5.11 Å². The minimum absolute atomic E-state index is 0.0423. The van der Waals surface area contributed by atoms with Crippen molar-refractivity contribution in [3.63, 3.8) is 0 Å². The monoisotopic (exact) mass is 567 g/mol. The number of unbranched alkanes of at least 4 members (excludes halogenated alkanes) is 6. The first-order chi connectivity index (χ1) is 19.0. The fourth-order valence-corrected chi connectivity index (χ4v) is 4.46. The molecule has 3 amide bonds. The smallest absolute Gasteiger partial charge is 0.326 e. The Hall–Kier alpha value is -3.44. The van der Waals surface area contributed by atoms with Gasteiger partial charge < -0.3 is 36.2 Å². The van der Waals surface area contributed by atoms with Gasteiger partial charge in [-0.2, -0.15) is 0 Å². The van der Waals surface area contributed by atoms with Crippen LogP contribution in [0, 0.1) is 6.92 Å². The Kier molecular flexibility index (Phi) is 16.9. The average Bonchev–Trinajstić information content (AvgIpc) is 2.86. The van der Waals surface area contributed by atoms with Gasteiger partial charge >= 0.3 is 23.9 Å². The number of carboxylic acid groups (broad SMARTS) is 3. The van der Waals surface area contributed by atoms with Crippen molar-refractivity contribution >= 4 is 29.8 Å². The highest BCUT2D eigenvalue weighted by Crippen LogP contribution is 2.19. The number of carbonyl (C=O) groups excluding carboxylic acids is 2. The summed E-state index contributed by atoms with van der Waals surface area (Å²) in [6, 6.07) is -3.03. The topological polar surface area (TPSA) is 185 Å². The van der Waals surface area contributed by atoms with E-state index < -0.39 is 42.4 Å². The summed E-state index contributed by atoms with van der Waals surface area (Å²) in [6.45, 7) is 4.26. The van der Waals surface area contributed by atoms with Crippen molar-refractivity contribution in [3.05, 3.63) is 18.7 Å². The van der Waals surface area contributed by atoms with Crippen LogP contribution in [0.5, 0.6) is 0 Å². The fraction of sp³-hybridized carbons (Fsp3) is 0.714. The predicted octanol–water partition coefficient (Wildman–Crippen LogP) is 3.28. The molecule has 1 heterocycles. The quantitative estimate of drug-likeness (QED) is 0.0796. The lowest BCUT2D eigenvalue weighted by Gasteiger charge is -2.28. The van der Waals surface area contributed by atoms with Crippen molar-refractivity contribution in [1.82, 2.24) is 20.9 Å². The summed E-state index contributed by atoms with van der Waals surface area (Å²) in [4.78, 5) is 58.9. The second kappa shape index (κ2) is 19.6. The number of allylic oxidation sites excluding steroid dienone is 1. The largest absolute Gasteiger partial charge is 0.481 e. The highest BCUT2D eigenvalue weighted by molar-refractivity contribution is 5.86. The van der Waals surface area contributed by atoms with Gasteiger partial charge in [0.05, 0.1) is 13.3 Å². The van der Waals surface area contributed by atoms with Crippen LogP contribution in [0.1, 0.15) is 96.3 Å². The van der Waals surface area contributed by atoms with Gasteiger partial charge in [0.15, 0.2) is 0 Å². The number of carboxylic acids is 3. The summed E-state index contributed by atoms with van der Waals surface area (Å²) < 4.78 is 0. The summed E-state index contributed by atoms with van der Waals surface area (Å²) in [5.41, 5.74) is 1.33. The third kappa shape index (κ3) is 14.6. The van der Waals surface area contributed by atoms with E-state index in [1.165, 1.54) is 32.0 Å². The van der Waals surface area contributed by atoms with E-state index in [1.807, 2.05) is 0 Å². The number of urea groups is 1. The second-order valence-electron chi connectivity index (χ2n) is 10.3. The van der Waals surface area contributed by atoms with E-state index in [9.17, 15) is 34.2 Å². The van der Waals surface area contributed by atoms with Gasteiger partial charge in [0.25, 0.3) is 0 Å². The van der Waals surface area contributed by atoms with Gasteiger partial charge in [-0.15, -0.1) is 0 Å². The van der Waals surface area contributed by atoms with Crippen LogP contribution in [0.3, 0.4) is 0 Å². The molecule has 0 bridgehead atoms. The Bertz CT molecular complexity index is 863. The van der Waals surface area contributed by atoms with Crippen molar-refractivity contribution < 1.29 is 39.3 Å². The van der Waals surface area contributed by atoms with E-state index >= 15 is 0 Å². The van der Waals surface area contributed by atoms with Gasteiger partial charge in [-0.3, -0.25) is 9.59 Å². The normalized spacial score (nSPS) is 15.5. The van der Waals surface area contributed by atoms with Crippen LogP contribution in [0.2, 0.25) is 0 Å². The molecule has 1 aliphatic rings. The van der Waals surface area contributed by atoms with Crippen LogP contribution >= 0.6 is 0 Å². The van der Waals surface area contributed by atoms with Crippen LogP contribution in [-0.4, -0.2) is 81.8 Å². The van der Waals surface area contributed by atoms with Gasteiger partial charge in [-0.25, -0.2) is 14.4 Å². The zero-order valence-corrected chi connectivity index (χ0v) is 23.7. The minimum Gasteiger partial charge on any atom is -0.481 e. The third-order valence-corrected chi connectivity index (χ3v) is 6.93. The maximum atomic E-state index is 12.4. The Morgan fingerprint density at radius 1 is 0.925 bits per heavy atom. The molecule has 226 valence electrons. The summed E-state index contributed by atoms with van der Waals surface area (Å²) in [5, 5.41) is 36.1. The Balaban J connectivity index is 2.16. The maximum Gasteiger partial charge on any atom is 0.326 e. The Labute approximate surface area is 236 Å². The van der Waals surface area contributed by atoms with Crippen molar-refractivity contribution in [2.45, 2.75) is 114 Å². The molecule has 0 aliphatic carbocycles. The molecule has 0 aromatic rings. The zero-order valence-electron chi connectivity index (χ0n) is 23.7. The van der Waals surface area contributed by atoms with E-state index in [1.54, 1.807) is 0 Å². The number of likely N-dealkylation sites (N-methyl/N-ethyl adjacent to an activating group) is 1. The molecular weight excluding hydrogens is 520 g/mol. The lowest BCUT2D eigenvalue weighted by molar-refractivity contribution is -0.143. The molecule has 0 saturated carbocycles. The molecule has 0 spiro atoms. The molecule has 3 atom stereocenters. The molecule has 0 aromatic carbocycles. The van der Waals surface area contributed by atoms with Crippen LogP contribution in [0.4, 0.5) is 4.79 Å². The zero-order chi connectivity index (χ0) is 29.9. The molecule has 0 fully saturated rings. The summed E-state index contributed by atoms with van der Waals surface area (Å²) in [6.07, 6.45) is 12.6. The van der Waals surface area contributed by atoms with E-state index in [0.717, 1.165) is 43.4 Å². The molecule has 0 aromatic heterocycles.